The Labute approximate surface area is 79.2 Å². The van der Waals surface area contributed by atoms with Crippen LogP contribution in [-0.2, 0) is 32.7 Å². The maximum absolute atomic E-state index is 8.84. The quantitative estimate of drug-likeness (QED) is 0.626. The summed E-state index contributed by atoms with van der Waals surface area (Å²) in [5, 5.41) is 8.84. The Morgan fingerprint density at radius 1 is 1.67 bits per heavy atom. The molecule has 45 valence electrons. The molecule has 0 unspecified atom stereocenters. The van der Waals surface area contributed by atoms with Gasteiger partial charge < -0.3 is 10.1 Å². The summed E-state index contributed by atoms with van der Waals surface area (Å²) in [5.74, 6) is 0.226. The number of rotatable bonds is 0. The van der Waals surface area contributed by atoms with Crippen LogP contribution in [0.25, 0.3) is 0 Å². The third kappa shape index (κ3) is 2.42. The van der Waals surface area contributed by atoms with Gasteiger partial charge in [-0.3, -0.25) is 0 Å². The van der Waals surface area contributed by atoms with E-state index >= 15 is 0 Å². The van der Waals surface area contributed by atoms with Crippen LogP contribution in [0, 0.1) is 13.1 Å². The van der Waals surface area contributed by atoms with Gasteiger partial charge in [0.05, 0.1) is 0 Å². The number of nitrogens with zero attached hydrogens (tertiary/aromatic N) is 1. The monoisotopic (exact) mass is 197 g/mol. The average molecular weight is 197 g/mol. The Hall–Kier alpha value is 0.0539. The van der Waals surface area contributed by atoms with E-state index in [9.17, 15) is 0 Å². The van der Waals surface area contributed by atoms with Gasteiger partial charge in [0.1, 0.15) is 0 Å². The van der Waals surface area contributed by atoms with Gasteiger partial charge in [-0.15, -0.1) is 6.07 Å². The predicted octanol–water partition coefficient (Wildman–Crippen LogP) is 0.893. The Morgan fingerprint density at radius 2 is 2.33 bits per heavy atom. The van der Waals surface area contributed by atoms with Crippen molar-refractivity contribution in [3.8, 4) is 5.75 Å². The molecule has 1 heterocycles. The van der Waals surface area contributed by atoms with Crippen LogP contribution in [0.5, 0.6) is 5.75 Å². The van der Waals surface area contributed by atoms with Crippen molar-refractivity contribution >= 4 is 0 Å². The van der Waals surface area contributed by atoms with Crippen LogP contribution in [0.1, 0.15) is 5.69 Å². The molecule has 0 aliphatic rings. The van der Waals surface area contributed by atoms with Gasteiger partial charge in [0, 0.05) is 38.5 Å². The molecule has 3 heteroatoms. The number of hydrogen-bond donors (Lipinski definition) is 1. The standard InChI is InChI=1S/C6H6NO.Y/c1-5-6(8)3-2-4-7-5;/h2-3,8H,1H3;/q-1;. The van der Waals surface area contributed by atoms with Gasteiger partial charge in [-0.05, 0) is 5.69 Å². The molecule has 0 aromatic carbocycles. The second-order valence-electron chi connectivity index (χ2n) is 1.54. The van der Waals surface area contributed by atoms with Gasteiger partial charge in [-0.2, -0.15) is 6.07 Å². The topological polar surface area (TPSA) is 33.1 Å². The van der Waals surface area contributed by atoms with Gasteiger partial charge in [0.2, 0.25) is 0 Å². The van der Waals surface area contributed by atoms with Crippen molar-refractivity contribution in [1.29, 1.82) is 0 Å². The SMILES string of the molecule is Cc1n[c-]ccc1O.[Y]. The molecule has 0 aliphatic carbocycles. The second kappa shape index (κ2) is 3.96. The molecule has 1 aromatic rings. The zero-order valence-electron chi connectivity index (χ0n) is 5.13. The number of aromatic hydroxyl groups is 1. The number of pyridine rings is 1. The fourth-order valence-electron chi connectivity index (χ4n) is 0.428. The molecule has 1 rings (SSSR count). The normalized spacial score (nSPS) is 8.11. The van der Waals surface area contributed by atoms with Crippen molar-refractivity contribution in [2.45, 2.75) is 6.92 Å². The summed E-state index contributed by atoms with van der Waals surface area (Å²) in [6.45, 7) is 1.73. The third-order valence-corrected chi connectivity index (χ3v) is 0.919. The van der Waals surface area contributed by atoms with Crippen LogP contribution in [-0.4, -0.2) is 10.1 Å². The zero-order chi connectivity index (χ0) is 5.98. The summed E-state index contributed by atoms with van der Waals surface area (Å²) < 4.78 is 0. The molecule has 9 heavy (non-hydrogen) atoms. The summed E-state index contributed by atoms with van der Waals surface area (Å²) in [7, 11) is 0. The minimum atomic E-state index is 0. The third-order valence-electron chi connectivity index (χ3n) is 0.919. The molecule has 1 aromatic heterocycles. The van der Waals surface area contributed by atoms with E-state index in [0.717, 1.165) is 0 Å². The average Bonchev–Trinajstić information content (AvgIpc) is 1.77. The van der Waals surface area contributed by atoms with Crippen molar-refractivity contribution in [3.63, 3.8) is 0 Å². The molecule has 0 saturated carbocycles. The fraction of sp³-hybridized carbons (Fsp3) is 0.167. The first-order valence-electron chi connectivity index (χ1n) is 2.33. The van der Waals surface area contributed by atoms with Gasteiger partial charge >= 0.3 is 0 Å². The number of aromatic nitrogens is 1. The Bertz CT molecular complexity index is 169. The molecule has 0 saturated heterocycles. The zero-order valence-corrected chi connectivity index (χ0v) is 7.96. The molecule has 2 nitrogen and oxygen atoms in total. The van der Waals surface area contributed by atoms with E-state index in [2.05, 4.69) is 11.2 Å². The number of aryl methyl sites for hydroxylation is 1. The molecule has 0 spiro atoms. The minimum Gasteiger partial charge on any atom is -0.532 e. The van der Waals surface area contributed by atoms with Crippen molar-refractivity contribution in [2.24, 2.45) is 0 Å². The van der Waals surface area contributed by atoms with Crippen molar-refractivity contribution in [2.75, 3.05) is 0 Å². The van der Waals surface area contributed by atoms with Crippen LogP contribution >= 0.6 is 0 Å². The Morgan fingerprint density at radius 3 is 2.67 bits per heavy atom. The van der Waals surface area contributed by atoms with Crippen molar-refractivity contribution in [1.82, 2.24) is 4.98 Å². The predicted molar refractivity (Wildman–Crippen MR) is 29.5 cm³/mol. The summed E-state index contributed by atoms with van der Waals surface area (Å²) in [5.41, 5.74) is 0.618. The van der Waals surface area contributed by atoms with E-state index in [-0.39, 0.29) is 38.5 Å². The smallest absolute Gasteiger partial charge is 0.0286 e. The van der Waals surface area contributed by atoms with Crippen LogP contribution in [0.15, 0.2) is 12.1 Å². The van der Waals surface area contributed by atoms with Crippen molar-refractivity contribution < 1.29 is 37.8 Å². The van der Waals surface area contributed by atoms with Crippen molar-refractivity contribution in [3.05, 3.63) is 24.0 Å². The van der Waals surface area contributed by atoms with Gasteiger partial charge in [0.25, 0.3) is 0 Å². The van der Waals surface area contributed by atoms with E-state index in [4.69, 9.17) is 5.11 Å². The number of hydrogen-bond acceptors (Lipinski definition) is 2. The van der Waals surface area contributed by atoms with Gasteiger partial charge in [0.15, 0.2) is 0 Å². The van der Waals surface area contributed by atoms with E-state index in [0.29, 0.717) is 5.69 Å². The molecule has 0 bridgehead atoms. The molecule has 0 amide bonds. The first kappa shape index (κ1) is 9.05. The molecule has 0 atom stereocenters. The maximum Gasteiger partial charge on any atom is 0.0286 e. The Kier molecular flexibility index (Phi) is 3.99. The molecule has 1 N–H and O–H groups in total. The molecular formula is C6H6NOY-. The van der Waals surface area contributed by atoms with Crippen LogP contribution in [0.4, 0.5) is 0 Å². The van der Waals surface area contributed by atoms with Crippen LogP contribution in [0.3, 0.4) is 0 Å². The Balaban J connectivity index is 0.000000640. The largest absolute Gasteiger partial charge is 0.532 e. The van der Waals surface area contributed by atoms with Gasteiger partial charge in [-0.25, -0.2) is 0 Å². The summed E-state index contributed by atoms with van der Waals surface area (Å²) in [6.07, 6.45) is 2.59. The molecular weight excluding hydrogens is 191 g/mol. The maximum atomic E-state index is 8.84. The fourth-order valence-corrected chi connectivity index (χ4v) is 0.428. The van der Waals surface area contributed by atoms with Crippen LogP contribution in [0.2, 0.25) is 0 Å². The van der Waals surface area contributed by atoms with E-state index < -0.39 is 0 Å². The van der Waals surface area contributed by atoms with E-state index in [1.165, 1.54) is 0 Å². The summed E-state index contributed by atoms with van der Waals surface area (Å²) in [6, 6.07) is 3.13. The molecule has 1 radical (unpaired) electrons. The first-order valence-corrected chi connectivity index (χ1v) is 2.33. The first-order chi connectivity index (χ1) is 3.80. The summed E-state index contributed by atoms with van der Waals surface area (Å²) >= 11 is 0. The van der Waals surface area contributed by atoms with Crippen LogP contribution < -0.4 is 0 Å². The summed E-state index contributed by atoms with van der Waals surface area (Å²) in [4.78, 5) is 3.70. The minimum absolute atomic E-state index is 0. The van der Waals surface area contributed by atoms with E-state index in [1.807, 2.05) is 0 Å². The van der Waals surface area contributed by atoms with Gasteiger partial charge in [-0.1, -0.05) is 13.1 Å². The molecule has 0 fully saturated rings. The molecule has 0 aliphatic heterocycles. The van der Waals surface area contributed by atoms with E-state index in [1.54, 1.807) is 19.1 Å². The second-order valence-corrected chi connectivity index (χ2v) is 1.54.